The molecular weight excluding hydrogens is 191 g/mol. The molecular formula is C4BrClN2. The highest BCUT2D eigenvalue weighted by molar-refractivity contribution is 9.12. The van der Waals surface area contributed by atoms with Crippen molar-refractivity contribution >= 4 is 27.5 Å². The Morgan fingerprint density at radius 2 is 1.75 bits per heavy atom. The van der Waals surface area contributed by atoms with Crippen LogP contribution in [0.3, 0.4) is 0 Å². The molecule has 0 amide bonds. The zero-order valence-corrected chi connectivity index (χ0v) is 5.99. The van der Waals surface area contributed by atoms with E-state index in [1.165, 1.54) is 0 Å². The summed E-state index contributed by atoms with van der Waals surface area (Å²) in [6.45, 7) is 0. The fraction of sp³-hybridized carbons (Fsp3) is 0. The summed E-state index contributed by atoms with van der Waals surface area (Å²) >= 11 is 7.96. The van der Waals surface area contributed by atoms with E-state index in [9.17, 15) is 0 Å². The summed E-state index contributed by atoms with van der Waals surface area (Å²) in [6.07, 6.45) is 0. The van der Waals surface area contributed by atoms with Gasteiger partial charge in [-0.15, -0.1) is 0 Å². The Morgan fingerprint density at radius 3 is 1.75 bits per heavy atom. The number of hydrogen-bond donors (Lipinski definition) is 0. The number of allylic oxidation sites excluding steroid dienone is 1. The Labute approximate surface area is 60.1 Å². The van der Waals surface area contributed by atoms with Gasteiger partial charge >= 0.3 is 0 Å². The van der Waals surface area contributed by atoms with Gasteiger partial charge in [-0.3, -0.25) is 0 Å². The summed E-state index contributed by atoms with van der Waals surface area (Å²) in [7, 11) is 0. The Balaban J connectivity index is 4.47. The van der Waals surface area contributed by atoms with Gasteiger partial charge < -0.3 is 0 Å². The van der Waals surface area contributed by atoms with Crippen molar-refractivity contribution in [1.29, 1.82) is 10.5 Å². The zero-order valence-electron chi connectivity index (χ0n) is 3.65. The molecule has 0 rings (SSSR count). The summed E-state index contributed by atoms with van der Waals surface area (Å²) < 4.78 is 0.0579. The smallest absolute Gasteiger partial charge is 0.155 e. The lowest BCUT2D eigenvalue weighted by Gasteiger charge is -1.76. The normalized spacial score (nSPS) is 6.50. The van der Waals surface area contributed by atoms with Gasteiger partial charge in [-0.05, 0) is 15.9 Å². The lowest BCUT2D eigenvalue weighted by atomic mass is 10.4. The Kier molecular flexibility index (Phi) is 3.26. The van der Waals surface area contributed by atoms with Crippen LogP contribution in [-0.2, 0) is 0 Å². The summed E-state index contributed by atoms with van der Waals surface area (Å²) in [6, 6.07) is 3.18. The summed E-state index contributed by atoms with van der Waals surface area (Å²) in [4.78, 5) is 0. The third-order valence-corrected chi connectivity index (χ3v) is 0.998. The van der Waals surface area contributed by atoms with Gasteiger partial charge in [-0.25, -0.2) is 0 Å². The van der Waals surface area contributed by atoms with Crippen molar-refractivity contribution in [3.8, 4) is 12.1 Å². The van der Waals surface area contributed by atoms with Crippen LogP contribution in [0.2, 0.25) is 0 Å². The van der Waals surface area contributed by atoms with Crippen molar-refractivity contribution in [2.45, 2.75) is 0 Å². The van der Waals surface area contributed by atoms with Crippen LogP contribution in [0, 0.1) is 22.7 Å². The number of nitrogens with zero attached hydrogens (tertiary/aromatic N) is 2. The van der Waals surface area contributed by atoms with E-state index in [-0.39, 0.29) is 9.51 Å². The van der Waals surface area contributed by atoms with Crippen LogP contribution in [0.4, 0.5) is 0 Å². The van der Waals surface area contributed by atoms with Crippen molar-refractivity contribution in [2.75, 3.05) is 0 Å². The van der Waals surface area contributed by atoms with Crippen molar-refractivity contribution < 1.29 is 0 Å². The van der Waals surface area contributed by atoms with Gasteiger partial charge in [0.05, 0.1) is 0 Å². The second-order valence-corrected chi connectivity index (χ2v) is 2.49. The Bertz CT molecular complexity index is 175. The molecule has 40 valence electrons. The van der Waals surface area contributed by atoms with E-state index in [0.29, 0.717) is 0 Å². The number of halogens is 2. The molecule has 0 saturated carbocycles. The van der Waals surface area contributed by atoms with E-state index in [2.05, 4.69) is 15.9 Å². The summed E-state index contributed by atoms with van der Waals surface area (Å²) in [5, 5.41) is 16.1. The molecule has 8 heavy (non-hydrogen) atoms. The molecule has 0 aliphatic carbocycles. The van der Waals surface area contributed by atoms with Crippen LogP contribution in [0.5, 0.6) is 0 Å². The lowest BCUT2D eigenvalue weighted by Crippen LogP contribution is -1.68. The van der Waals surface area contributed by atoms with Gasteiger partial charge in [0.1, 0.15) is 16.1 Å². The molecule has 0 radical (unpaired) electrons. The highest BCUT2D eigenvalue weighted by atomic mass is 79.9. The minimum Gasteiger partial charge on any atom is -0.192 e. The largest absolute Gasteiger partial charge is 0.192 e. The molecule has 0 aromatic rings. The second kappa shape index (κ2) is 3.49. The highest BCUT2D eigenvalue weighted by Crippen LogP contribution is 2.14. The van der Waals surface area contributed by atoms with E-state index in [1.54, 1.807) is 12.1 Å². The van der Waals surface area contributed by atoms with Gasteiger partial charge in [0.2, 0.25) is 0 Å². The third-order valence-electron chi connectivity index (χ3n) is 0.413. The number of hydrogen-bond acceptors (Lipinski definition) is 2. The van der Waals surface area contributed by atoms with E-state index in [4.69, 9.17) is 22.1 Å². The zero-order chi connectivity index (χ0) is 6.57. The first kappa shape index (κ1) is 7.49. The van der Waals surface area contributed by atoms with Crippen molar-refractivity contribution in [1.82, 2.24) is 0 Å². The van der Waals surface area contributed by atoms with E-state index in [0.717, 1.165) is 0 Å². The fourth-order valence-corrected chi connectivity index (χ4v) is 0.371. The summed E-state index contributed by atoms with van der Waals surface area (Å²) in [5.74, 6) is 0. The minimum absolute atomic E-state index is 0.0579. The molecule has 0 saturated heterocycles. The van der Waals surface area contributed by atoms with Gasteiger partial charge in [0, 0.05) is 0 Å². The molecule has 0 bridgehead atoms. The third kappa shape index (κ3) is 1.97. The van der Waals surface area contributed by atoms with Crippen molar-refractivity contribution in [3.63, 3.8) is 0 Å². The van der Waals surface area contributed by atoms with Gasteiger partial charge in [0.15, 0.2) is 5.57 Å². The number of nitriles is 2. The molecule has 0 atom stereocenters. The molecule has 0 unspecified atom stereocenters. The first-order valence-electron chi connectivity index (χ1n) is 1.58. The van der Waals surface area contributed by atoms with E-state index >= 15 is 0 Å². The van der Waals surface area contributed by atoms with Crippen LogP contribution in [0.1, 0.15) is 0 Å². The standard InChI is InChI=1S/C4BrClN2/c5-4(6)3(1-7)2-8. The second-order valence-electron chi connectivity index (χ2n) is 0.859. The molecule has 0 spiro atoms. The van der Waals surface area contributed by atoms with Gasteiger partial charge in [-0.1, -0.05) is 11.6 Å². The van der Waals surface area contributed by atoms with Crippen molar-refractivity contribution in [2.24, 2.45) is 0 Å². The maximum Gasteiger partial charge on any atom is 0.155 e. The fourth-order valence-electron chi connectivity index (χ4n) is 0.110. The Morgan fingerprint density at radius 1 is 1.38 bits per heavy atom. The van der Waals surface area contributed by atoms with Crippen LogP contribution in [0.25, 0.3) is 0 Å². The van der Waals surface area contributed by atoms with Crippen molar-refractivity contribution in [3.05, 3.63) is 9.51 Å². The van der Waals surface area contributed by atoms with Crippen LogP contribution < -0.4 is 0 Å². The minimum atomic E-state index is -0.105. The molecule has 0 heterocycles. The topological polar surface area (TPSA) is 47.6 Å². The Hall–Kier alpha value is -0.510. The summed E-state index contributed by atoms with van der Waals surface area (Å²) in [5.41, 5.74) is -0.105. The highest BCUT2D eigenvalue weighted by Gasteiger charge is 1.95. The van der Waals surface area contributed by atoms with Crippen LogP contribution >= 0.6 is 27.5 Å². The average Bonchev–Trinajstić information content (AvgIpc) is 1.69. The van der Waals surface area contributed by atoms with Crippen LogP contribution in [0.15, 0.2) is 9.51 Å². The first-order valence-corrected chi connectivity index (χ1v) is 2.75. The van der Waals surface area contributed by atoms with Gasteiger partial charge in [-0.2, -0.15) is 10.5 Å². The predicted octanol–water partition coefficient (Wildman–Crippen LogP) is 1.88. The molecule has 0 N–H and O–H groups in total. The van der Waals surface area contributed by atoms with Gasteiger partial charge in [0.25, 0.3) is 0 Å². The number of rotatable bonds is 0. The molecule has 0 aliphatic heterocycles. The monoisotopic (exact) mass is 190 g/mol. The molecule has 0 fully saturated rings. The molecule has 0 aliphatic rings. The van der Waals surface area contributed by atoms with E-state index < -0.39 is 0 Å². The molecule has 0 aromatic heterocycles. The SMILES string of the molecule is N#CC(C#N)=C(Cl)Br. The molecule has 4 heteroatoms. The quantitative estimate of drug-likeness (QED) is 0.549. The average molecular weight is 191 g/mol. The maximum atomic E-state index is 8.05. The lowest BCUT2D eigenvalue weighted by molar-refractivity contribution is 1.47. The first-order chi connectivity index (χ1) is 3.72. The molecule has 0 aromatic carbocycles. The van der Waals surface area contributed by atoms with E-state index in [1.807, 2.05) is 0 Å². The van der Waals surface area contributed by atoms with Crippen LogP contribution in [-0.4, -0.2) is 0 Å². The molecule has 2 nitrogen and oxygen atoms in total. The predicted molar refractivity (Wildman–Crippen MR) is 33.0 cm³/mol. The maximum absolute atomic E-state index is 8.05.